The van der Waals surface area contributed by atoms with Crippen LogP contribution < -0.4 is 11.1 Å². The van der Waals surface area contributed by atoms with Crippen LogP contribution in [0.15, 0.2) is 0 Å². The Hall–Kier alpha value is -1.52. The molecule has 0 spiro atoms. The van der Waals surface area contributed by atoms with Gasteiger partial charge in [-0.2, -0.15) is 5.10 Å². The Morgan fingerprint density at radius 2 is 2.10 bits per heavy atom. The summed E-state index contributed by atoms with van der Waals surface area (Å²) < 4.78 is 0. The lowest BCUT2D eigenvalue weighted by molar-refractivity contribution is 0.0945. The Labute approximate surface area is 127 Å². The van der Waals surface area contributed by atoms with E-state index in [1.807, 2.05) is 0 Å². The van der Waals surface area contributed by atoms with Crippen molar-refractivity contribution in [3.63, 3.8) is 0 Å². The van der Waals surface area contributed by atoms with Gasteiger partial charge in [0, 0.05) is 6.54 Å². The van der Waals surface area contributed by atoms with Gasteiger partial charge in [0.15, 0.2) is 5.69 Å². The minimum absolute atomic E-state index is 0.157. The molecule has 1 aromatic heterocycles. The number of aromatic nitrogens is 2. The standard InChI is InChI=1S/C16H28N4O/c1-3-4-13-14(17)15(20-19-13)16(21)18-10-9-12-7-5-11(2)6-8-12/h11-12H,3-10,17H2,1-2H3,(H,18,21)(H,19,20). The Bertz CT molecular complexity index is 461. The van der Waals surface area contributed by atoms with Crippen molar-refractivity contribution in [1.29, 1.82) is 0 Å². The van der Waals surface area contributed by atoms with Crippen LogP contribution in [0.3, 0.4) is 0 Å². The second-order valence-corrected chi connectivity index (χ2v) is 6.38. The average molecular weight is 292 g/mol. The van der Waals surface area contributed by atoms with Gasteiger partial charge in [-0.1, -0.05) is 46.0 Å². The first-order chi connectivity index (χ1) is 10.1. The summed E-state index contributed by atoms with van der Waals surface area (Å²) in [6, 6.07) is 0. The molecule has 4 N–H and O–H groups in total. The maximum absolute atomic E-state index is 12.1. The van der Waals surface area contributed by atoms with E-state index in [0.29, 0.717) is 17.9 Å². The third-order valence-corrected chi connectivity index (χ3v) is 4.57. The van der Waals surface area contributed by atoms with Crippen LogP contribution in [-0.2, 0) is 6.42 Å². The van der Waals surface area contributed by atoms with Crippen molar-refractivity contribution in [2.75, 3.05) is 12.3 Å². The molecular weight excluding hydrogens is 264 g/mol. The number of aryl methyl sites for hydroxylation is 1. The normalized spacial score (nSPS) is 22.2. The number of rotatable bonds is 6. The van der Waals surface area contributed by atoms with Gasteiger partial charge in [-0.3, -0.25) is 9.89 Å². The zero-order valence-corrected chi connectivity index (χ0v) is 13.2. The number of nitrogens with zero attached hydrogens (tertiary/aromatic N) is 1. The number of nitrogens with one attached hydrogen (secondary N) is 2. The largest absolute Gasteiger partial charge is 0.395 e. The third kappa shape index (κ3) is 4.22. The van der Waals surface area contributed by atoms with E-state index < -0.39 is 0 Å². The van der Waals surface area contributed by atoms with Crippen LogP contribution in [0.5, 0.6) is 0 Å². The number of H-pyrrole nitrogens is 1. The molecule has 0 aromatic carbocycles. The van der Waals surface area contributed by atoms with Crippen LogP contribution in [0.2, 0.25) is 0 Å². The third-order valence-electron chi connectivity index (χ3n) is 4.57. The summed E-state index contributed by atoms with van der Waals surface area (Å²) in [5.41, 5.74) is 7.67. The van der Waals surface area contributed by atoms with E-state index in [1.165, 1.54) is 25.7 Å². The fraction of sp³-hybridized carbons (Fsp3) is 0.750. The molecule has 1 amide bonds. The highest BCUT2D eigenvalue weighted by Gasteiger charge is 2.19. The first-order valence-corrected chi connectivity index (χ1v) is 8.22. The Balaban J connectivity index is 1.77. The van der Waals surface area contributed by atoms with Crippen molar-refractivity contribution in [3.05, 3.63) is 11.4 Å². The van der Waals surface area contributed by atoms with Crippen LogP contribution in [0, 0.1) is 11.8 Å². The molecule has 5 nitrogen and oxygen atoms in total. The number of carbonyl (C=O) groups excluding carboxylic acids is 1. The lowest BCUT2D eigenvalue weighted by Gasteiger charge is -2.26. The van der Waals surface area contributed by atoms with Crippen LogP contribution >= 0.6 is 0 Å². The number of amides is 1. The molecule has 1 saturated carbocycles. The molecule has 0 bridgehead atoms. The zero-order chi connectivity index (χ0) is 15.2. The molecule has 0 aliphatic heterocycles. The molecule has 2 rings (SSSR count). The van der Waals surface area contributed by atoms with E-state index >= 15 is 0 Å². The highest BCUT2D eigenvalue weighted by molar-refractivity contribution is 5.97. The van der Waals surface area contributed by atoms with Gasteiger partial charge in [0.05, 0.1) is 11.4 Å². The molecule has 1 aliphatic rings. The lowest BCUT2D eigenvalue weighted by Crippen LogP contribution is -2.27. The molecule has 1 heterocycles. The summed E-state index contributed by atoms with van der Waals surface area (Å²) in [6.07, 6.45) is 8.10. The first kappa shape index (κ1) is 15.9. The summed E-state index contributed by atoms with van der Waals surface area (Å²) in [7, 11) is 0. The molecule has 5 heteroatoms. The predicted octanol–water partition coefficient (Wildman–Crippen LogP) is 2.89. The van der Waals surface area contributed by atoms with Gasteiger partial charge >= 0.3 is 0 Å². The van der Waals surface area contributed by atoms with Gasteiger partial charge in [0.25, 0.3) is 5.91 Å². The number of nitrogen functional groups attached to an aromatic ring is 1. The topological polar surface area (TPSA) is 83.8 Å². The molecule has 0 atom stereocenters. The highest BCUT2D eigenvalue weighted by Crippen LogP contribution is 2.29. The SMILES string of the molecule is CCCc1[nH]nc(C(=O)NCCC2CCC(C)CC2)c1N. The fourth-order valence-corrected chi connectivity index (χ4v) is 3.09. The second-order valence-electron chi connectivity index (χ2n) is 6.38. The summed E-state index contributed by atoms with van der Waals surface area (Å²) >= 11 is 0. The molecule has 118 valence electrons. The summed E-state index contributed by atoms with van der Waals surface area (Å²) in [6.45, 7) is 5.12. The molecule has 1 fully saturated rings. The van der Waals surface area contributed by atoms with Gasteiger partial charge in [-0.15, -0.1) is 0 Å². The molecule has 0 radical (unpaired) electrons. The minimum atomic E-state index is -0.157. The number of hydrogen-bond donors (Lipinski definition) is 3. The van der Waals surface area contributed by atoms with E-state index in [1.54, 1.807) is 0 Å². The molecule has 1 aromatic rings. The van der Waals surface area contributed by atoms with Crippen molar-refractivity contribution in [2.45, 2.75) is 58.8 Å². The van der Waals surface area contributed by atoms with Crippen molar-refractivity contribution < 1.29 is 4.79 Å². The summed E-state index contributed by atoms with van der Waals surface area (Å²) in [5.74, 6) is 1.47. The summed E-state index contributed by atoms with van der Waals surface area (Å²) in [5, 5.41) is 9.86. The zero-order valence-electron chi connectivity index (χ0n) is 13.2. The number of anilines is 1. The Morgan fingerprint density at radius 1 is 1.38 bits per heavy atom. The Morgan fingerprint density at radius 3 is 2.76 bits per heavy atom. The Kier molecular flexibility index (Phi) is 5.65. The fourth-order valence-electron chi connectivity index (χ4n) is 3.09. The van der Waals surface area contributed by atoms with E-state index in [0.717, 1.165) is 36.8 Å². The highest BCUT2D eigenvalue weighted by atomic mass is 16.1. The summed E-state index contributed by atoms with van der Waals surface area (Å²) in [4.78, 5) is 12.1. The van der Waals surface area contributed by atoms with Crippen molar-refractivity contribution in [3.8, 4) is 0 Å². The number of aromatic amines is 1. The number of carbonyl (C=O) groups is 1. The van der Waals surface area contributed by atoms with Gasteiger partial charge in [0.1, 0.15) is 0 Å². The minimum Gasteiger partial charge on any atom is -0.395 e. The van der Waals surface area contributed by atoms with Crippen molar-refractivity contribution in [2.24, 2.45) is 11.8 Å². The van der Waals surface area contributed by atoms with E-state index in [2.05, 4.69) is 29.4 Å². The molecule has 0 saturated heterocycles. The van der Waals surface area contributed by atoms with Gasteiger partial charge in [-0.25, -0.2) is 0 Å². The molecule has 0 unspecified atom stereocenters. The van der Waals surface area contributed by atoms with Crippen molar-refractivity contribution >= 4 is 11.6 Å². The van der Waals surface area contributed by atoms with E-state index in [4.69, 9.17) is 5.73 Å². The molecule has 1 aliphatic carbocycles. The monoisotopic (exact) mass is 292 g/mol. The van der Waals surface area contributed by atoms with Gasteiger partial charge in [0.2, 0.25) is 0 Å². The number of hydrogen-bond acceptors (Lipinski definition) is 3. The predicted molar refractivity (Wildman–Crippen MR) is 85.1 cm³/mol. The smallest absolute Gasteiger partial charge is 0.273 e. The van der Waals surface area contributed by atoms with Gasteiger partial charge in [-0.05, 0) is 24.7 Å². The van der Waals surface area contributed by atoms with Gasteiger partial charge < -0.3 is 11.1 Å². The van der Waals surface area contributed by atoms with Crippen LogP contribution in [-0.4, -0.2) is 22.6 Å². The molecular formula is C16H28N4O. The van der Waals surface area contributed by atoms with E-state index in [9.17, 15) is 4.79 Å². The van der Waals surface area contributed by atoms with Crippen molar-refractivity contribution in [1.82, 2.24) is 15.5 Å². The lowest BCUT2D eigenvalue weighted by atomic mass is 9.81. The maximum Gasteiger partial charge on any atom is 0.273 e. The van der Waals surface area contributed by atoms with Crippen LogP contribution in [0.25, 0.3) is 0 Å². The van der Waals surface area contributed by atoms with E-state index in [-0.39, 0.29) is 5.91 Å². The maximum atomic E-state index is 12.1. The van der Waals surface area contributed by atoms with Crippen LogP contribution in [0.1, 0.15) is 68.6 Å². The number of nitrogens with two attached hydrogens (primary N) is 1. The quantitative estimate of drug-likeness (QED) is 0.753. The van der Waals surface area contributed by atoms with Crippen LogP contribution in [0.4, 0.5) is 5.69 Å². The second kappa shape index (κ2) is 7.48. The first-order valence-electron chi connectivity index (χ1n) is 8.22. The average Bonchev–Trinajstić information content (AvgIpc) is 2.83. The molecule has 21 heavy (non-hydrogen) atoms.